The van der Waals surface area contributed by atoms with Crippen LogP contribution in [0.15, 0.2) is 78.9 Å². The number of carbonyl (C=O) groups excluding carboxylic acids is 2. The van der Waals surface area contributed by atoms with E-state index in [0.29, 0.717) is 0 Å². The monoisotopic (exact) mass is 457 g/mol. The average Bonchev–Trinajstić information content (AvgIpc) is 3.06. The largest absolute Gasteiger partial charge is 0.275 e. The Morgan fingerprint density at radius 3 is 1.93 bits per heavy atom. The van der Waals surface area contributed by atoms with Gasteiger partial charge in [0.2, 0.25) is 11.8 Å². The van der Waals surface area contributed by atoms with Gasteiger partial charge in [-0.2, -0.15) is 0 Å². The zero-order chi connectivity index (χ0) is 20.6. The van der Waals surface area contributed by atoms with Gasteiger partial charge in [0.15, 0.2) is 0 Å². The molecule has 1 fully saturated rings. The molecule has 2 amide bonds. The van der Waals surface area contributed by atoms with Crippen LogP contribution in [0.2, 0.25) is 0 Å². The van der Waals surface area contributed by atoms with E-state index in [1.165, 1.54) is 4.90 Å². The zero-order valence-electron chi connectivity index (χ0n) is 16.5. The summed E-state index contributed by atoms with van der Waals surface area (Å²) in [7, 11) is 0. The van der Waals surface area contributed by atoms with E-state index in [2.05, 4.69) is 40.2 Å². The van der Waals surface area contributed by atoms with Gasteiger partial charge in [-0.25, -0.2) is 0 Å². The summed E-state index contributed by atoms with van der Waals surface area (Å²) in [6, 6.07) is 26.0. The molecule has 0 radical (unpaired) electrons. The van der Waals surface area contributed by atoms with Crippen molar-refractivity contribution in [1.29, 1.82) is 0 Å². The fraction of sp³-hybridized carbons (Fsp3) is 0.231. The van der Waals surface area contributed by atoms with Gasteiger partial charge >= 0.3 is 0 Å². The number of amides is 2. The highest BCUT2D eigenvalue weighted by molar-refractivity contribution is 9.09. The number of hydrogen-bond acceptors (Lipinski definition) is 2. The van der Waals surface area contributed by atoms with E-state index in [1.54, 1.807) is 0 Å². The van der Waals surface area contributed by atoms with Crippen molar-refractivity contribution < 1.29 is 9.59 Å². The van der Waals surface area contributed by atoms with Crippen molar-refractivity contribution in [2.24, 2.45) is 11.8 Å². The van der Waals surface area contributed by atoms with Crippen LogP contribution in [0.4, 0.5) is 0 Å². The average molecular weight is 458 g/mol. The number of imide groups is 1. The molecule has 1 saturated heterocycles. The minimum absolute atomic E-state index is 0.0563. The first kappa shape index (κ1) is 18.1. The minimum atomic E-state index is -0.683. The molecule has 3 nitrogen and oxygen atoms in total. The predicted molar refractivity (Wildman–Crippen MR) is 118 cm³/mol. The molecule has 0 N–H and O–H groups in total. The summed E-state index contributed by atoms with van der Waals surface area (Å²) in [5.41, 5.74) is 5.52. The normalized spacial score (nSPS) is 29.4. The van der Waals surface area contributed by atoms with E-state index in [0.717, 1.165) is 27.8 Å². The van der Waals surface area contributed by atoms with Crippen LogP contribution in [0, 0.1) is 11.8 Å². The molecule has 0 unspecified atom stereocenters. The molecule has 148 valence electrons. The summed E-state index contributed by atoms with van der Waals surface area (Å²) < 4.78 is -0.683. The van der Waals surface area contributed by atoms with Gasteiger partial charge in [-0.1, -0.05) is 94.8 Å². The van der Waals surface area contributed by atoms with Gasteiger partial charge in [0, 0.05) is 5.92 Å². The number of hydrogen-bond donors (Lipinski definition) is 0. The number of rotatable bonds is 2. The second-order valence-electron chi connectivity index (χ2n) is 8.50. The number of alkyl halides is 1. The summed E-state index contributed by atoms with van der Waals surface area (Å²) in [6.07, 6.45) is 0. The van der Waals surface area contributed by atoms with Crippen LogP contribution in [0.3, 0.4) is 0 Å². The molecule has 30 heavy (non-hydrogen) atoms. The second kappa shape index (κ2) is 6.14. The third-order valence-electron chi connectivity index (χ3n) is 7.22. The van der Waals surface area contributed by atoms with Crippen LogP contribution in [-0.4, -0.2) is 16.7 Å². The second-order valence-corrected chi connectivity index (χ2v) is 9.75. The number of halogens is 1. The van der Waals surface area contributed by atoms with E-state index >= 15 is 0 Å². The van der Waals surface area contributed by atoms with E-state index in [9.17, 15) is 9.59 Å². The SMILES string of the molecule is C[C@H](c1ccccc1)N1C(=O)[C@@H]2C3c4ccccc4C(Br)(c4ccccc43)[C@H]2C1=O. The van der Waals surface area contributed by atoms with Crippen molar-refractivity contribution in [3.63, 3.8) is 0 Å². The molecule has 0 aromatic heterocycles. The number of likely N-dealkylation sites (tertiary alicyclic amines) is 1. The maximum atomic E-state index is 13.9. The van der Waals surface area contributed by atoms with E-state index in [4.69, 9.17) is 0 Å². The number of carbonyl (C=O) groups is 2. The number of nitrogens with zero attached hydrogens (tertiary/aromatic N) is 1. The third kappa shape index (κ3) is 2.05. The predicted octanol–water partition coefficient (Wildman–Crippen LogP) is 5.15. The molecule has 3 aromatic carbocycles. The van der Waals surface area contributed by atoms with Gasteiger partial charge in [0.05, 0.1) is 22.2 Å². The Morgan fingerprint density at radius 2 is 1.33 bits per heavy atom. The highest BCUT2D eigenvalue weighted by Gasteiger charge is 2.67. The maximum absolute atomic E-state index is 13.9. The van der Waals surface area contributed by atoms with Crippen LogP contribution in [0.25, 0.3) is 0 Å². The summed E-state index contributed by atoms with van der Waals surface area (Å²) in [5.74, 6) is -1.04. The molecule has 4 heteroatoms. The molecule has 1 heterocycles. The first-order valence-electron chi connectivity index (χ1n) is 10.3. The third-order valence-corrected chi connectivity index (χ3v) is 8.57. The van der Waals surface area contributed by atoms with Crippen LogP contribution >= 0.6 is 15.9 Å². The Bertz CT molecular complexity index is 1160. The summed E-state index contributed by atoms with van der Waals surface area (Å²) in [4.78, 5) is 29.2. The van der Waals surface area contributed by atoms with Gasteiger partial charge in [-0.15, -0.1) is 0 Å². The van der Waals surface area contributed by atoms with E-state index in [1.807, 2.05) is 61.5 Å². The van der Waals surface area contributed by atoms with Gasteiger partial charge in [-0.05, 0) is 34.7 Å². The molecule has 3 aromatic rings. The maximum Gasteiger partial charge on any atom is 0.235 e. The quantitative estimate of drug-likeness (QED) is 0.394. The van der Waals surface area contributed by atoms with Crippen molar-refractivity contribution in [3.8, 4) is 0 Å². The lowest BCUT2D eigenvalue weighted by Crippen LogP contribution is -2.50. The molecule has 0 saturated carbocycles. The first-order valence-corrected chi connectivity index (χ1v) is 11.1. The summed E-state index contributed by atoms with van der Waals surface area (Å²) >= 11 is 4.04. The Kier molecular flexibility index (Phi) is 3.70. The fourth-order valence-corrected chi connectivity index (χ4v) is 7.17. The lowest BCUT2D eigenvalue weighted by atomic mass is 9.55. The van der Waals surface area contributed by atoms with Crippen molar-refractivity contribution >= 4 is 27.7 Å². The number of benzene rings is 3. The summed E-state index contributed by atoms with van der Waals surface area (Å²) in [6.45, 7) is 1.95. The van der Waals surface area contributed by atoms with Crippen molar-refractivity contribution in [2.45, 2.75) is 23.2 Å². The molecule has 4 aliphatic rings. The molecule has 7 rings (SSSR count). The lowest BCUT2D eigenvalue weighted by molar-refractivity contribution is -0.142. The van der Waals surface area contributed by atoms with Crippen LogP contribution in [0.1, 0.15) is 46.7 Å². The van der Waals surface area contributed by atoms with Gasteiger partial charge in [0.1, 0.15) is 0 Å². The topological polar surface area (TPSA) is 37.4 Å². The van der Waals surface area contributed by atoms with E-state index < -0.39 is 10.2 Å². The highest BCUT2D eigenvalue weighted by Crippen LogP contribution is 2.66. The van der Waals surface area contributed by atoms with Crippen LogP contribution < -0.4 is 0 Å². The van der Waals surface area contributed by atoms with Crippen molar-refractivity contribution in [1.82, 2.24) is 4.90 Å². The standard InChI is InChI=1S/C26H20BrNO2/c1-15(16-9-3-2-4-10-16)28-24(29)22-21-17-11-5-7-13-19(17)26(27,23(22)25(28)30)20-14-8-6-12-18(20)21/h2-15,21-23H,1H3/t15-,21?,22-,23-,26?/m1/s1. The Balaban J connectivity index is 1.57. The fourth-order valence-electron chi connectivity index (χ4n) is 5.96. The Morgan fingerprint density at radius 1 is 0.800 bits per heavy atom. The Labute approximate surface area is 183 Å². The zero-order valence-corrected chi connectivity index (χ0v) is 18.0. The van der Waals surface area contributed by atoms with E-state index in [-0.39, 0.29) is 29.7 Å². The van der Waals surface area contributed by atoms with Crippen molar-refractivity contribution in [2.75, 3.05) is 0 Å². The molecule has 3 atom stereocenters. The van der Waals surface area contributed by atoms with Crippen LogP contribution in [-0.2, 0) is 13.9 Å². The highest BCUT2D eigenvalue weighted by atomic mass is 79.9. The molecular weight excluding hydrogens is 438 g/mol. The van der Waals surface area contributed by atoms with Gasteiger partial charge in [-0.3, -0.25) is 14.5 Å². The summed E-state index contributed by atoms with van der Waals surface area (Å²) in [5, 5.41) is 0. The molecule has 2 bridgehead atoms. The van der Waals surface area contributed by atoms with Crippen molar-refractivity contribution in [3.05, 3.63) is 107 Å². The molecular formula is C26H20BrNO2. The Hall–Kier alpha value is -2.72. The first-order chi connectivity index (χ1) is 14.5. The van der Waals surface area contributed by atoms with Gasteiger partial charge < -0.3 is 0 Å². The van der Waals surface area contributed by atoms with Gasteiger partial charge in [0.25, 0.3) is 0 Å². The lowest BCUT2D eigenvalue weighted by Gasteiger charge is -2.51. The molecule has 0 spiro atoms. The molecule has 3 aliphatic carbocycles. The molecule has 1 aliphatic heterocycles. The van der Waals surface area contributed by atoms with Crippen LogP contribution in [0.5, 0.6) is 0 Å². The minimum Gasteiger partial charge on any atom is -0.275 e. The smallest absolute Gasteiger partial charge is 0.235 e.